The van der Waals surface area contributed by atoms with Crippen molar-refractivity contribution in [2.45, 2.75) is 66.9 Å². The number of nitrogens with two attached hydrogens (primary N) is 1. The molecule has 0 radical (unpaired) electrons. The molecule has 2 N–H and O–H groups in total. The number of benzene rings is 3. The zero-order valence-corrected chi connectivity index (χ0v) is 24.3. The van der Waals surface area contributed by atoms with Gasteiger partial charge in [0.05, 0.1) is 17.6 Å². The molecule has 40 heavy (non-hydrogen) atoms. The quantitative estimate of drug-likeness (QED) is 0.370. The van der Waals surface area contributed by atoms with Gasteiger partial charge in [-0.25, -0.2) is 0 Å². The van der Waals surface area contributed by atoms with Crippen LogP contribution in [0.5, 0.6) is 5.75 Å². The van der Waals surface area contributed by atoms with Gasteiger partial charge in [-0.3, -0.25) is 9.69 Å². The molecular weight excluding hydrogens is 494 g/mol. The molecule has 0 amide bonds. The molecule has 0 saturated carbocycles. The number of ether oxygens (including phenoxy) is 1. The molecule has 204 valence electrons. The molecule has 0 spiro atoms. The van der Waals surface area contributed by atoms with Gasteiger partial charge in [-0.1, -0.05) is 66.9 Å². The van der Waals surface area contributed by atoms with Crippen molar-refractivity contribution in [2.24, 2.45) is 11.1 Å². The molecular formula is C35H37N3O2. The third-order valence-corrected chi connectivity index (χ3v) is 8.10. The second kappa shape index (κ2) is 10.4. The normalized spacial score (nSPS) is 18.5. The number of hydrogen-bond donors (Lipinski definition) is 1. The fraction of sp³-hybridized carbons (Fsp3) is 0.314. The molecule has 3 aromatic rings. The summed E-state index contributed by atoms with van der Waals surface area (Å²) in [5, 5.41) is 10.5. The number of aryl methyl sites for hydroxylation is 3. The fourth-order valence-corrected chi connectivity index (χ4v) is 6.02. The molecule has 1 aliphatic carbocycles. The van der Waals surface area contributed by atoms with Crippen molar-refractivity contribution >= 4 is 11.5 Å². The Hall–Kier alpha value is -4.30. The van der Waals surface area contributed by atoms with Crippen LogP contribution in [0.1, 0.15) is 66.0 Å². The van der Waals surface area contributed by atoms with Gasteiger partial charge in [0.2, 0.25) is 0 Å². The smallest absolute Gasteiger partial charge is 0.162 e. The van der Waals surface area contributed by atoms with Gasteiger partial charge in [0.15, 0.2) is 5.78 Å². The molecule has 5 rings (SSSR count). The topological polar surface area (TPSA) is 79.3 Å². The van der Waals surface area contributed by atoms with Gasteiger partial charge in [0.25, 0.3) is 0 Å². The number of allylic oxidation sites excluding steroid dienone is 3. The van der Waals surface area contributed by atoms with Crippen LogP contribution >= 0.6 is 0 Å². The summed E-state index contributed by atoms with van der Waals surface area (Å²) in [7, 11) is 0. The van der Waals surface area contributed by atoms with Gasteiger partial charge in [0, 0.05) is 23.4 Å². The van der Waals surface area contributed by atoms with Crippen molar-refractivity contribution in [3.63, 3.8) is 0 Å². The van der Waals surface area contributed by atoms with E-state index in [0.29, 0.717) is 36.4 Å². The summed E-state index contributed by atoms with van der Waals surface area (Å²) in [6.07, 6.45) is 1.11. The van der Waals surface area contributed by atoms with Crippen molar-refractivity contribution in [1.82, 2.24) is 0 Å². The first-order chi connectivity index (χ1) is 19.0. The monoisotopic (exact) mass is 531 g/mol. The highest BCUT2D eigenvalue weighted by molar-refractivity contribution is 6.01. The third kappa shape index (κ3) is 5.02. The maximum absolute atomic E-state index is 14.0. The van der Waals surface area contributed by atoms with E-state index in [2.05, 4.69) is 39.0 Å². The Kier molecular flexibility index (Phi) is 7.06. The van der Waals surface area contributed by atoms with Crippen LogP contribution in [0, 0.1) is 44.4 Å². The first kappa shape index (κ1) is 27.3. The molecule has 5 heteroatoms. The minimum absolute atomic E-state index is 0.0759. The summed E-state index contributed by atoms with van der Waals surface area (Å²) in [6.45, 7) is 12.8. The number of Topliss-reactive ketones (excluding diaryl/α,β-unsaturated/α-hetero) is 1. The zero-order valence-electron chi connectivity index (χ0n) is 24.3. The molecule has 5 nitrogen and oxygen atoms in total. The van der Waals surface area contributed by atoms with E-state index in [4.69, 9.17) is 10.5 Å². The summed E-state index contributed by atoms with van der Waals surface area (Å²) >= 11 is 0. The minimum Gasteiger partial charge on any atom is -0.489 e. The summed E-state index contributed by atoms with van der Waals surface area (Å²) in [5.74, 6) is 0.741. The van der Waals surface area contributed by atoms with Crippen molar-refractivity contribution < 1.29 is 9.53 Å². The largest absolute Gasteiger partial charge is 0.489 e. The molecule has 1 atom stereocenters. The lowest BCUT2D eigenvalue weighted by Gasteiger charge is -2.44. The summed E-state index contributed by atoms with van der Waals surface area (Å²) < 4.78 is 6.15. The molecule has 2 aliphatic rings. The number of rotatable bonds is 5. The maximum atomic E-state index is 14.0. The Bertz CT molecular complexity index is 1590. The second-order valence-corrected chi connectivity index (χ2v) is 12.1. The van der Waals surface area contributed by atoms with Gasteiger partial charge in [-0.05, 0) is 80.5 Å². The number of hydrogen-bond acceptors (Lipinski definition) is 5. The average Bonchev–Trinajstić information content (AvgIpc) is 2.89. The van der Waals surface area contributed by atoms with Crippen LogP contribution in [0.2, 0.25) is 0 Å². The highest BCUT2D eigenvalue weighted by atomic mass is 16.5. The lowest BCUT2D eigenvalue weighted by Crippen LogP contribution is -2.42. The Labute approximate surface area is 237 Å². The number of nitrogens with zero attached hydrogens (tertiary/aromatic N) is 2. The maximum Gasteiger partial charge on any atom is 0.162 e. The summed E-state index contributed by atoms with van der Waals surface area (Å²) in [5.41, 5.74) is 15.8. The number of nitriles is 1. The molecule has 0 fully saturated rings. The summed E-state index contributed by atoms with van der Waals surface area (Å²) in [6, 6.07) is 22.7. The van der Waals surface area contributed by atoms with Crippen LogP contribution in [-0.2, 0) is 11.4 Å². The molecule has 1 aliphatic heterocycles. The van der Waals surface area contributed by atoms with E-state index in [-0.39, 0.29) is 11.2 Å². The first-order valence-corrected chi connectivity index (χ1v) is 13.8. The van der Waals surface area contributed by atoms with E-state index in [0.717, 1.165) is 45.0 Å². The molecule has 0 aromatic heterocycles. The minimum atomic E-state index is -0.525. The van der Waals surface area contributed by atoms with Crippen LogP contribution in [0.3, 0.4) is 0 Å². The second-order valence-electron chi connectivity index (χ2n) is 12.1. The van der Waals surface area contributed by atoms with Gasteiger partial charge >= 0.3 is 0 Å². The van der Waals surface area contributed by atoms with Crippen LogP contribution < -0.4 is 15.4 Å². The molecule has 0 saturated heterocycles. The lowest BCUT2D eigenvalue weighted by molar-refractivity contribution is -0.118. The van der Waals surface area contributed by atoms with Gasteiger partial charge in [-0.15, -0.1) is 0 Å². The van der Waals surface area contributed by atoms with Crippen molar-refractivity contribution in [3.05, 3.63) is 117 Å². The highest BCUT2D eigenvalue weighted by Crippen LogP contribution is 2.51. The van der Waals surface area contributed by atoms with Crippen LogP contribution in [0.25, 0.3) is 0 Å². The zero-order chi connectivity index (χ0) is 28.8. The number of carbonyl (C=O) groups excluding carboxylic acids is 1. The molecule has 0 bridgehead atoms. The Morgan fingerprint density at radius 3 is 2.20 bits per heavy atom. The van der Waals surface area contributed by atoms with E-state index in [9.17, 15) is 10.1 Å². The molecule has 1 unspecified atom stereocenters. The number of anilines is 1. The molecule has 1 heterocycles. The number of carbonyl (C=O) groups is 1. The SMILES string of the molecule is Cc1ccc(OCc2cc(C)cc(C3C(C#N)=C(N)N(c4ccc(C)cc4)C4=C3C(=O)CC(C)(C)C4)c2C)cc1. The Morgan fingerprint density at radius 1 is 0.950 bits per heavy atom. The fourth-order valence-electron chi connectivity index (χ4n) is 6.02. The van der Waals surface area contributed by atoms with Crippen LogP contribution in [-0.4, -0.2) is 5.78 Å². The predicted molar refractivity (Wildman–Crippen MR) is 160 cm³/mol. The summed E-state index contributed by atoms with van der Waals surface area (Å²) in [4.78, 5) is 15.9. The van der Waals surface area contributed by atoms with Gasteiger partial charge in [-0.2, -0.15) is 5.26 Å². The number of ketones is 1. The average molecular weight is 532 g/mol. The molecule has 3 aromatic carbocycles. The van der Waals surface area contributed by atoms with Crippen molar-refractivity contribution in [2.75, 3.05) is 4.90 Å². The van der Waals surface area contributed by atoms with E-state index >= 15 is 0 Å². The van der Waals surface area contributed by atoms with E-state index in [1.54, 1.807) is 0 Å². The first-order valence-electron chi connectivity index (χ1n) is 13.8. The van der Waals surface area contributed by atoms with Crippen molar-refractivity contribution in [1.29, 1.82) is 5.26 Å². The van der Waals surface area contributed by atoms with Gasteiger partial charge in [0.1, 0.15) is 18.2 Å². The highest BCUT2D eigenvalue weighted by Gasteiger charge is 2.45. The van der Waals surface area contributed by atoms with E-state index < -0.39 is 5.92 Å². The lowest BCUT2D eigenvalue weighted by atomic mass is 9.68. The Morgan fingerprint density at radius 2 is 1.57 bits per heavy atom. The van der Waals surface area contributed by atoms with Crippen molar-refractivity contribution in [3.8, 4) is 11.8 Å². The van der Waals surface area contributed by atoms with Gasteiger partial charge < -0.3 is 10.5 Å². The van der Waals surface area contributed by atoms with Crippen LogP contribution in [0.4, 0.5) is 5.69 Å². The van der Waals surface area contributed by atoms with E-state index in [1.165, 1.54) is 5.56 Å². The standard InChI is InChI=1S/C35H37N3O2/c1-21-7-11-26(12-8-21)38-30-17-35(5,6)18-31(39)33(30)32(29(19-36)34(38)37)28-16-23(3)15-25(24(28)4)20-40-27-13-9-22(2)10-14-27/h7-16,32H,17-18,20,37H2,1-6H3. The third-order valence-electron chi connectivity index (χ3n) is 8.10. The van der Waals surface area contributed by atoms with E-state index in [1.807, 2.05) is 74.2 Å². The Balaban J connectivity index is 1.66. The predicted octanol–water partition coefficient (Wildman–Crippen LogP) is 7.44. The van der Waals surface area contributed by atoms with Crippen LogP contribution in [0.15, 0.2) is 83.3 Å².